The van der Waals surface area contributed by atoms with E-state index >= 15 is 0 Å². The molecular formula is C20H23N3O5. The Balaban J connectivity index is 2.02. The summed E-state index contributed by atoms with van der Waals surface area (Å²) in [4.78, 5) is 22.8. The molecule has 0 aliphatic rings. The predicted octanol–water partition coefficient (Wildman–Crippen LogP) is 3.93. The predicted molar refractivity (Wildman–Crippen MR) is 106 cm³/mol. The van der Waals surface area contributed by atoms with Gasteiger partial charge in [-0.1, -0.05) is 6.92 Å². The summed E-state index contributed by atoms with van der Waals surface area (Å²) in [6.07, 6.45) is 2.05. The third-order valence-electron chi connectivity index (χ3n) is 3.51. The molecule has 0 aliphatic heterocycles. The van der Waals surface area contributed by atoms with Gasteiger partial charge in [0.2, 0.25) is 0 Å². The van der Waals surface area contributed by atoms with Crippen molar-refractivity contribution >= 4 is 17.8 Å². The van der Waals surface area contributed by atoms with E-state index in [1.807, 2.05) is 6.92 Å². The largest absolute Gasteiger partial charge is 0.494 e. The first kappa shape index (κ1) is 20.9. The van der Waals surface area contributed by atoms with E-state index in [9.17, 15) is 14.9 Å². The number of amides is 1. The van der Waals surface area contributed by atoms with Crippen LogP contribution in [-0.4, -0.2) is 29.8 Å². The van der Waals surface area contributed by atoms with Gasteiger partial charge in [-0.05, 0) is 56.7 Å². The van der Waals surface area contributed by atoms with E-state index in [0.717, 1.165) is 6.42 Å². The van der Waals surface area contributed by atoms with Gasteiger partial charge in [0, 0.05) is 17.2 Å². The lowest BCUT2D eigenvalue weighted by molar-refractivity contribution is -0.386. The van der Waals surface area contributed by atoms with Gasteiger partial charge in [0.15, 0.2) is 5.75 Å². The van der Waals surface area contributed by atoms with Crippen molar-refractivity contribution in [2.75, 3.05) is 6.61 Å². The number of benzene rings is 2. The van der Waals surface area contributed by atoms with Gasteiger partial charge in [0.1, 0.15) is 5.75 Å². The van der Waals surface area contributed by atoms with Gasteiger partial charge in [0.25, 0.3) is 5.91 Å². The van der Waals surface area contributed by atoms with Crippen molar-refractivity contribution in [2.45, 2.75) is 33.3 Å². The summed E-state index contributed by atoms with van der Waals surface area (Å²) in [5.41, 5.74) is 3.12. The number of nitrogens with one attached hydrogen (secondary N) is 1. The van der Waals surface area contributed by atoms with E-state index in [1.54, 1.807) is 44.2 Å². The van der Waals surface area contributed by atoms with Crippen LogP contribution in [0.2, 0.25) is 0 Å². The van der Waals surface area contributed by atoms with Crippen molar-refractivity contribution in [2.24, 2.45) is 5.10 Å². The number of nitrogens with zero attached hydrogens (tertiary/aromatic N) is 2. The summed E-state index contributed by atoms with van der Waals surface area (Å²) < 4.78 is 10.9. The smallest absolute Gasteiger partial charge is 0.311 e. The minimum absolute atomic E-state index is 0.161. The van der Waals surface area contributed by atoms with E-state index in [0.29, 0.717) is 23.5 Å². The lowest BCUT2D eigenvalue weighted by Gasteiger charge is -2.10. The van der Waals surface area contributed by atoms with Crippen molar-refractivity contribution in [3.05, 3.63) is 63.7 Å². The molecule has 2 rings (SSSR count). The van der Waals surface area contributed by atoms with Crippen molar-refractivity contribution in [3.63, 3.8) is 0 Å². The molecule has 28 heavy (non-hydrogen) atoms. The monoisotopic (exact) mass is 385 g/mol. The van der Waals surface area contributed by atoms with Crippen LogP contribution in [0.5, 0.6) is 11.5 Å². The van der Waals surface area contributed by atoms with Crippen LogP contribution in [0.3, 0.4) is 0 Å². The van der Waals surface area contributed by atoms with E-state index in [2.05, 4.69) is 10.5 Å². The van der Waals surface area contributed by atoms with Crippen LogP contribution in [0.25, 0.3) is 0 Å². The number of hydrogen-bond donors (Lipinski definition) is 1. The topological polar surface area (TPSA) is 103 Å². The van der Waals surface area contributed by atoms with Crippen LogP contribution in [0.1, 0.15) is 43.1 Å². The van der Waals surface area contributed by atoms with Crippen LogP contribution in [0, 0.1) is 10.1 Å². The average molecular weight is 385 g/mol. The molecule has 0 atom stereocenters. The molecule has 2 aromatic carbocycles. The molecule has 0 saturated carbocycles. The maximum atomic E-state index is 12.1. The highest BCUT2D eigenvalue weighted by atomic mass is 16.6. The number of hydrogen-bond acceptors (Lipinski definition) is 6. The molecule has 0 heterocycles. The lowest BCUT2D eigenvalue weighted by atomic mass is 10.2. The summed E-state index contributed by atoms with van der Waals surface area (Å²) in [6, 6.07) is 11.2. The fourth-order valence-electron chi connectivity index (χ4n) is 2.26. The Morgan fingerprint density at radius 2 is 1.96 bits per heavy atom. The minimum Gasteiger partial charge on any atom is -0.494 e. The Morgan fingerprint density at radius 1 is 1.25 bits per heavy atom. The fourth-order valence-corrected chi connectivity index (χ4v) is 2.26. The summed E-state index contributed by atoms with van der Waals surface area (Å²) in [5.74, 6) is 0.483. The third-order valence-corrected chi connectivity index (χ3v) is 3.51. The Kier molecular flexibility index (Phi) is 7.50. The van der Waals surface area contributed by atoms with Crippen molar-refractivity contribution in [3.8, 4) is 11.5 Å². The summed E-state index contributed by atoms with van der Waals surface area (Å²) in [7, 11) is 0. The highest BCUT2D eigenvalue weighted by Gasteiger charge is 2.16. The molecule has 0 spiro atoms. The van der Waals surface area contributed by atoms with Crippen LogP contribution < -0.4 is 14.9 Å². The molecule has 8 nitrogen and oxygen atoms in total. The first-order valence-corrected chi connectivity index (χ1v) is 8.92. The quantitative estimate of drug-likeness (QED) is 0.400. The van der Waals surface area contributed by atoms with Gasteiger partial charge in [0.05, 0.1) is 23.8 Å². The van der Waals surface area contributed by atoms with Gasteiger partial charge in [-0.3, -0.25) is 14.9 Å². The molecule has 1 N–H and O–H groups in total. The van der Waals surface area contributed by atoms with Crippen molar-refractivity contribution in [1.29, 1.82) is 0 Å². The molecule has 0 aliphatic carbocycles. The zero-order valence-corrected chi connectivity index (χ0v) is 16.0. The van der Waals surface area contributed by atoms with Gasteiger partial charge >= 0.3 is 5.69 Å². The van der Waals surface area contributed by atoms with Crippen molar-refractivity contribution < 1.29 is 19.2 Å². The summed E-state index contributed by atoms with van der Waals surface area (Å²) >= 11 is 0. The van der Waals surface area contributed by atoms with Crippen molar-refractivity contribution in [1.82, 2.24) is 5.43 Å². The van der Waals surface area contributed by atoms with Gasteiger partial charge in [-0.15, -0.1) is 0 Å². The van der Waals surface area contributed by atoms with Crippen LogP contribution in [0.4, 0.5) is 5.69 Å². The summed E-state index contributed by atoms with van der Waals surface area (Å²) in [5, 5.41) is 15.1. The molecule has 0 saturated heterocycles. The molecule has 0 unspecified atom stereocenters. The normalized spacial score (nSPS) is 10.9. The first-order chi connectivity index (χ1) is 13.4. The zero-order chi connectivity index (χ0) is 20.5. The molecule has 0 radical (unpaired) electrons. The number of hydrazone groups is 1. The third kappa shape index (κ3) is 6.08. The fraction of sp³-hybridized carbons (Fsp3) is 0.300. The minimum atomic E-state index is -0.518. The Hall–Kier alpha value is -3.42. The second-order valence-corrected chi connectivity index (χ2v) is 6.22. The number of nitro benzene ring substituents is 1. The molecule has 0 bridgehead atoms. The van der Waals surface area contributed by atoms with Gasteiger partial charge in [-0.2, -0.15) is 5.10 Å². The van der Waals surface area contributed by atoms with Crippen LogP contribution >= 0.6 is 0 Å². The number of carbonyl (C=O) groups is 1. The van der Waals surface area contributed by atoms with Gasteiger partial charge in [-0.25, -0.2) is 5.43 Å². The molecule has 0 fully saturated rings. The maximum Gasteiger partial charge on any atom is 0.311 e. The second kappa shape index (κ2) is 10.1. The van der Waals surface area contributed by atoms with E-state index in [-0.39, 0.29) is 17.5 Å². The number of carbonyl (C=O) groups excluding carboxylic acids is 1. The molecule has 2 aromatic rings. The molecule has 1 amide bonds. The SMILES string of the molecule is CCCOc1ccc(C(=O)N/N=C\c2ccc(OC(C)C)c([N+](=O)[O-])c2)cc1. The van der Waals surface area contributed by atoms with E-state index < -0.39 is 10.8 Å². The molecule has 0 aromatic heterocycles. The standard InChI is InChI=1S/C20H23N3O5/c1-4-11-27-17-8-6-16(7-9-17)20(24)22-21-13-15-5-10-19(28-14(2)3)18(12-15)23(25)26/h5-10,12-14H,4,11H2,1-3H3,(H,22,24)/b21-13-. The Labute approximate surface area is 163 Å². The van der Waals surface area contributed by atoms with Crippen LogP contribution in [-0.2, 0) is 0 Å². The lowest BCUT2D eigenvalue weighted by Crippen LogP contribution is -2.17. The highest BCUT2D eigenvalue weighted by Crippen LogP contribution is 2.28. The van der Waals surface area contributed by atoms with E-state index in [1.165, 1.54) is 18.3 Å². The highest BCUT2D eigenvalue weighted by molar-refractivity contribution is 5.95. The molecular weight excluding hydrogens is 362 g/mol. The number of nitro groups is 1. The van der Waals surface area contributed by atoms with E-state index in [4.69, 9.17) is 9.47 Å². The molecule has 8 heteroatoms. The average Bonchev–Trinajstić information content (AvgIpc) is 2.67. The van der Waals surface area contributed by atoms with Crippen LogP contribution in [0.15, 0.2) is 47.6 Å². The Morgan fingerprint density at radius 3 is 2.57 bits per heavy atom. The maximum absolute atomic E-state index is 12.1. The molecule has 148 valence electrons. The second-order valence-electron chi connectivity index (χ2n) is 6.22. The number of rotatable bonds is 9. The van der Waals surface area contributed by atoms with Gasteiger partial charge < -0.3 is 9.47 Å². The summed E-state index contributed by atoms with van der Waals surface area (Å²) in [6.45, 7) is 6.20. The zero-order valence-electron chi connectivity index (χ0n) is 16.0. The Bertz CT molecular complexity index is 847. The number of ether oxygens (including phenoxy) is 2. The first-order valence-electron chi connectivity index (χ1n) is 8.92.